The molecule has 0 saturated heterocycles. The summed E-state index contributed by atoms with van der Waals surface area (Å²) in [6.45, 7) is 9.27. The van der Waals surface area contributed by atoms with E-state index in [0.29, 0.717) is 11.8 Å². The third kappa shape index (κ3) is 3.75. The van der Waals surface area contributed by atoms with Gasteiger partial charge in [0.15, 0.2) is 0 Å². The van der Waals surface area contributed by atoms with Gasteiger partial charge in [-0.05, 0) is 47.9 Å². The molecule has 2 nitrogen and oxygen atoms in total. The van der Waals surface area contributed by atoms with E-state index < -0.39 is 0 Å². The maximum Gasteiger partial charge on any atom is 0.144 e. The number of nitrogens with zero attached hydrogens (tertiary/aromatic N) is 2. The van der Waals surface area contributed by atoms with Crippen LogP contribution in [0, 0.1) is 11.8 Å². The van der Waals surface area contributed by atoms with Gasteiger partial charge in [0.05, 0.1) is 5.69 Å². The molecule has 162 valence electrons. The van der Waals surface area contributed by atoms with E-state index in [9.17, 15) is 0 Å². The molecule has 0 saturated carbocycles. The summed E-state index contributed by atoms with van der Waals surface area (Å²) in [4.78, 5) is 4.80. The van der Waals surface area contributed by atoms with Crippen molar-refractivity contribution in [3.05, 3.63) is 84.2 Å². The minimum atomic E-state index is 0.564. The normalized spacial score (nSPS) is 11.9. The molecule has 2 heterocycles. The first-order chi connectivity index (χ1) is 15.5. The molecule has 0 amide bonds. The average Bonchev–Trinajstić information content (AvgIpc) is 3.38. The molecule has 0 fully saturated rings. The molecule has 0 aliphatic carbocycles. The van der Waals surface area contributed by atoms with Crippen molar-refractivity contribution in [1.29, 1.82) is 0 Å². The van der Waals surface area contributed by atoms with Crippen LogP contribution in [0.25, 0.3) is 37.2 Å². The Balaban J connectivity index is 1.89. The standard InChI is InChI=1S/C29H30N2S/c1-19(2)16-22-18-26-27(23-12-8-9-13-25(23)32-26)24(17-20(3)4)28(22)31-15-14-30-29(31)21-10-6-5-7-11-21/h5-15,18-20H,16-17H2,1-4H3. The largest absolute Gasteiger partial charge is 0.299 e. The second-order valence-corrected chi connectivity index (χ2v) is 10.6. The summed E-state index contributed by atoms with van der Waals surface area (Å²) in [5.41, 5.74) is 5.37. The van der Waals surface area contributed by atoms with E-state index in [1.165, 1.54) is 37.0 Å². The Morgan fingerprint density at radius 1 is 0.844 bits per heavy atom. The molecule has 0 N–H and O–H groups in total. The van der Waals surface area contributed by atoms with E-state index >= 15 is 0 Å². The predicted octanol–water partition coefficient (Wildman–Crippen LogP) is 8.30. The van der Waals surface area contributed by atoms with Gasteiger partial charge in [0.25, 0.3) is 0 Å². The molecule has 0 unspecified atom stereocenters. The molecule has 3 aromatic carbocycles. The number of hydrogen-bond acceptors (Lipinski definition) is 2. The van der Waals surface area contributed by atoms with Gasteiger partial charge >= 0.3 is 0 Å². The average molecular weight is 439 g/mol. The van der Waals surface area contributed by atoms with Crippen molar-refractivity contribution in [2.24, 2.45) is 11.8 Å². The van der Waals surface area contributed by atoms with E-state index in [1.807, 2.05) is 17.5 Å². The highest BCUT2D eigenvalue weighted by molar-refractivity contribution is 7.25. The number of thiophene rings is 1. The maximum atomic E-state index is 4.80. The molecule has 3 heteroatoms. The Bertz CT molecular complexity index is 1370. The first-order valence-electron chi connectivity index (χ1n) is 11.6. The summed E-state index contributed by atoms with van der Waals surface area (Å²) in [6, 6.07) is 21.9. The van der Waals surface area contributed by atoms with Crippen molar-refractivity contribution >= 4 is 31.5 Å². The van der Waals surface area contributed by atoms with Crippen LogP contribution < -0.4 is 0 Å². The van der Waals surface area contributed by atoms with Crippen LogP contribution in [0.15, 0.2) is 73.1 Å². The van der Waals surface area contributed by atoms with E-state index in [-0.39, 0.29) is 0 Å². The van der Waals surface area contributed by atoms with Crippen molar-refractivity contribution in [1.82, 2.24) is 9.55 Å². The van der Waals surface area contributed by atoms with E-state index in [2.05, 4.69) is 99.1 Å². The molecule has 0 bridgehead atoms. The lowest BCUT2D eigenvalue weighted by Gasteiger charge is -2.22. The lowest BCUT2D eigenvalue weighted by Crippen LogP contribution is -2.10. The highest BCUT2D eigenvalue weighted by atomic mass is 32.1. The van der Waals surface area contributed by atoms with Crippen LogP contribution in [0.5, 0.6) is 0 Å². The number of imidazole rings is 1. The summed E-state index contributed by atoms with van der Waals surface area (Å²) in [7, 11) is 0. The van der Waals surface area contributed by atoms with Crippen LogP contribution in [0.3, 0.4) is 0 Å². The number of aromatic nitrogens is 2. The van der Waals surface area contributed by atoms with Gasteiger partial charge in [-0.15, -0.1) is 11.3 Å². The molecule has 5 aromatic rings. The molecule has 5 rings (SSSR count). The van der Waals surface area contributed by atoms with Gasteiger partial charge in [-0.2, -0.15) is 0 Å². The topological polar surface area (TPSA) is 17.8 Å². The van der Waals surface area contributed by atoms with E-state index in [1.54, 1.807) is 0 Å². The quantitative estimate of drug-likeness (QED) is 0.261. The maximum absolute atomic E-state index is 4.80. The van der Waals surface area contributed by atoms with Crippen LogP contribution in [-0.2, 0) is 12.8 Å². The third-order valence-electron chi connectivity index (χ3n) is 5.97. The molecule has 0 aliphatic rings. The second-order valence-electron chi connectivity index (χ2n) is 9.52. The van der Waals surface area contributed by atoms with Gasteiger partial charge < -0.3 is 0 Å². The SMILES string of the molecule is CC(C)Cc1cc2sc3ccccc3c2c(CC(C)C)c1-n1ccnc1-c1ccccc1. The summed E-state index contributed by atoms with van der Waals surface area (Å²) in [5, 5.41) is 2.80. The highest BCUT2D eigenvalue weighted by Crippen LogP contribution is 2.42. The van der Waals surface area contributed by atoms with Gasteiger partial charge in [0.1, 0.15) is 5.82 Å². The van der Waals surface area contributed by atoms with Gasteiger partial charge in [0.2, 0.25) is 0 Å². The van der Waals surface area contributed by atoms with Crippen molar-refractivity contribution in [2.45, 2.75) is 40.5 Å². The second kappa shape index (κ2) is 8.55. The number of fused-ring (bicyclic) bond motifs is 3. The highest BCUT2D eigenvalue weighted by Gasteiger charge is 2.22. The molecule has 32 heavy (non-hydrogen) atoms. The fraction of sp³-hybridized carbons (Fsp3) is 0.276. The smallest absolute Gasteiger partial charge is 0.144 e. The summed E-state index contributed by atoms with van der Waals surface area (Å²) in [5.74, 6) is 2.16. The molecule has 2 aromatic heterocycles. The van der Waals surface area contributed by atoms with Crippen LogP contribution in [-0.4, -0.2) is 9.55 Å². The third-order valence-corrected chi connectivity index (χ3v) is 7.09. The first kappa shape index (κ1) is 21.0. The van der Waals surface area contributed by atoms with Crippen molar-refractivity contribution in [3.8, 4) is 17.1 Å². The first-order valence-corrected chi connectivity index (χ1v) is 12.4. The Labute approximate surface area is 194 Å². The zero-order valence-corrected chi connectivity index (χ0v) is 20.1. The molecule has 0 atom stereocenters. The molecule has 0 radical (unpaired) electrons. The van der Waals surface area contributed by atoms with Crippen LogP contribution in [0.2, 0.25) is 0 Å². The summed E-state index contributed by atoms with van der Waals surface area (Å²) < 4.78 is 5.12. The lowest BCUT2D eigenvalue weighted by atomic mass is 9.90. The Morgan fingerprint density at radius 3 is 2.31 bits per heavy atom. The van der Waals surface area contributed by atoms with Crippen LogP contribution >= 0.6 is 11.3 Å². The monoisotopic (exact) mass is 438 g/mol. The fourth-order valence-corrected chi connectivity index (χ4v) is 6.00. The van der Waals surface area contributed by atoms with Crippen molar-refractivity contribution in [2.75, 3.05) is 0 Å². The van der Waals surface area contributed by atoms with Crippen LogP contribution in [0.4, 0.5) is 0 Å². The zero-order valence-electron chi connectivity index (χ0n) is 19.3. The van der Waals surface area contributed by atoms with Crippen molar-refractivity contribution < 1.29 is 0 Å². The van der Waals surface area contributed by atoms with Gasteiger partial charge in [-0.25, -0.2) is 4.98 Å². The minimum absolute atomic E-state index is 0.564. The van der Waals surface area contributed by atoms with Gasteiger partial charge in [-0.1, -0.05) is 76.2 Å². The predicted molar refractivity (Wildman–Crippen MR) is 139 cm³/mol. The van der Waals surface area contributed by atoms with Crippen LogP contribution in [0.1, 0.15) is 38.8 Å². The summed E-state index contributed by atoms with van der Waals surface area (Å²) >= 11 is 1.93. The minimum Gasteiger partial charge on any atom is -0.299 e. The van der Waals surface area contributed by atoms with E-state index in [0.717, 1.165) is 24.2 Å². The Hall–Kier alpha value is -2.91. The van der Waals surface area contributed by atoms with E-state index in [4.69, 9.17) is 4.98 Å². The molecular weight excluding hydrogens is 408 g/mol. The number of hydrogen-bond donors (Lipinski definition) is 0. The molecule has 0 aliphatic heterocycles. The number of benzene rings is 3. The Morgan fingerprint density at radius 2 is 1.56 bits per heavy atom. The lowest BCUT2D eigenvalue weighted by molar-refractivity contribution is 0.634. The number of rotatable bonds is 6. The molecular formula is C29H30N2S. The van der Waals surface area contributed by atoms with Gasteiger partial charge in [-0.3, -0.25) is 4.57 Å². The zero-order chi connectivity index (χ0) is 22.2. The molecule has 0 spiro atoms. The van der Waals surface area contributed by atoms with Crippen molar-refractivity contribution in [3.63, 3.8) is 0 Å². The summed E-state index contributed by atoms with van der Waals surface area (Å²) in [6.07, 6.45) is 6.18. The Kier molecular flexibility index (Phi) is 5.60. The fourth-order valence-electron chi connectivity index (χ4n) is 4.80. The van der Waals surface area contributed by atoms with Gasteiger partial charge in [0, 0.05) is 38.1 Å².